The van der Waals surface area contributed by atoms with E-state index in [0.29, 0.717) is 17.3 Å². The highest BCUT2D eigenvalue weighted by Gasteiger charge is 2.16. The van der Waals surface area contributed by atoms with E-state index in [0.717, 1.165) is 16.9 Å². The second-order valence-corrected chi connectivity index (χ2v) is 7.15. The van der Waals surface area contributed by atoms with Crippen molar-refractivity contribution in [1.29, 1.82) is 0 Å². The molecule has 0 unspecified atom stereocenters. The normalized spacial score (nSPS) is 11.3. The highest BCUT2D eigenvalue weighted by atomic mass is 32.2. The summed E-state index contributed by atoms with van der Waals surface area (Å²) >= 11 is 0. The monoisotopic (exact) mass is 349 g/mol. The molecule has 0 aliphatic carbocycles. The van der Waals surface area contributed by atoms with Crippen molar-refractivity contribution < 1.29 is 17.9 Å². The van der Waals surface area contributed by atoms with Gasteiger partial charge < -0.3 is 9.47 Å². The topological polar surface area (TPSA) is 64.6 Å². The van der Waals surface area contributed by atoms with E-state index in [1.807, 2.05) is 32.0 Å². The molecule has 5 nitrogen and oxygen atoms in total. The highest BCUT2D eigenvalue weighted by Crippen LogP contribution is 2.18. The van der Waals surface area contributed by atoms with Crippen molar-refractivity contribution in [1.82, 2.24) is 4.72 Å². The van der Waals surface area contributed by atoms with Crippen LogP contribution in [0.1, 0.15) is 18.1 Å². The minimum absolute atomic E-state index is 0.197. The summed E-state index contributed by atoms with van der Waals surface area (Å²) in [7, 11) is -3.53. The standard InChI is InChI=1S/C18H23NO4S/c1-4-22-16-7-9-17(10-8-16)23-12-11-19-24(20,21)18-13-14(2)5-6-15(18)3/h5-10,13,19H,4,11-12H2,1-3H3. The summed E-state index contributed by atoms with van der Waals surface area (Å²) in [6.45, 7) is 6.63. The lowest BCUT2D eigenvalue weighted by Gasteiger charge is -2.11. The molecule has 2 aromatic rings. The van der Waals surface area contributed by atoms with E-state index in [-0.39, 0.29) is 13.2 Å². The van der Waals surface area contributed by atoms with Crippen LogP contribution < -0.4 is 14.2 Å². The van der Waals surface area contributed by atoms with E-state index in [2.05, 4.69) is 4.72 Å². The quantitative estimate of drug-likeness (QED) is 0.744. The maximum absolute atomic E-state index is 12.3. The number of hydrogen-bond acceptors (Lipinski definition) is 4. The average Bonchev–Trinajstić information content (AvgIpc) is 2.55. The van der Waals surface area contributed by atoms with Gasteiger partial charge in [0.25, 0.3) is 0 Å². The van der Waals surface area contributed by atoms with Crippen LogP contribution in [0.2, 0.25) is 0 Å². The smallest absolute Gasteiger partial charge is 0.240 e. The van der Waals surface area contributed by atoms with E-state index in [9.17, 15) is 8.42 Å². The summed E-state index contributed by atoms with van der Waals surface area (Å²) in [5.74, 6) is 1.45. The Hall–Kier alpha value is -2.05. The Kier molecular flexibility index (Phi) is 6.23. The third kappa shape index (κ3) is 4.97. The summed E-state index contributed by atoms with van der Waals surface area (Å²) in [5, 5.41) is 0. The largest absolute Gasteiger partial charge is 0.494 e. The molecule has 0 bridgehead atoms. The molecule has 0 saturated carbocycles. The lowest BCUT2D eigenvalue weighted by Crippen LogP contribution is -2.28. The van der Waals surface area contributed by atoms with Crippen molar-refractivity contribution in [2.45, 2.75) is 25.7 Å². The molecule has 1 N–H and O–H groups in total. The van der Waals surface area contributed by atoms with E-state index in [1.54, 1.807) is 31.2 Å². The lowest BCUT2D eigenvalue weighted by atomic mass is 10.2. The summed E-state index contributed by atoms with van der Waals surface area (Å²) in [6, 6.07) is 12.6. The summed E-state index contributed by atoms with van der Waals surface area (Å²) in [5.41, 5.74) is 1.63. The zero-order valence-electron chi connectivity index (χ0n) is 14.2. The van der Waals surface area contributed by atoms with Crippen molar-refractivity contribution in [2.24, 2.45) is 0 Å². The van der Waals surface area contributed by atoms with Gasteiger partial charge in [-0.2, -0.15) is 0 Å². The predicted octanol–water partition coefficient (Wildman–Crippen LogP) is 3.06. The number of sulfonamides is 1. The first-order valence-electron chi connectivity index (χ1n) is 7.85. The average molecular weight is 349 g/mol. The van der Waals surface area contributed by atoms with Crippen molar-refractivity contribution in [2.75, 3.05) is 19.8 Å². The first-order valence-corrected chi connectivity index (χ1v) is 9.33. The minimum Gasteiger partial charge on any atom is -0.494 e. The van der Waals surface area contributed by atoms with Gasteiger partial charge in [-0.3, -0.25) is 0 Å². The van der Waals surface area contributed by atoms with Crippen molar-refractivity contribution in [3.05, 3.63) is 53.6 Å². The number of hydrogen-bond donors (Lipinski definition) is 1. The third-order valence-electron chi connectivity index (χ3n) is 3.43. The fourth-order valence-corrected chi connectivity index (χ4v) is 3.56. The molecule has 0 radical (unpaired) electrons. The number of rotatable bonds is 8. The molecule has 0 atom stereocenters. The fourth-order valence-electron chi connectivity index (χ4n) is 2.22. The Balaban J connectivity index is 1.88. The fraction of sp³-hybridized carbons (Fsp3) is 0.333. The van der Waals surface area contributed by atoms with Crippen LogP contribution in [0.15, 0.2) is 47.4 Å². The molecule has 0 fully saturated rings. The van der Waals surface area contributed by atoms with Gasteiger partial charge in [-0.05, 0) is 62.2 Å². The van der Waals surface area contributed by atoms with Gasteiger partial charge in [0.05, 0.1) is 11.5 Å². The molecule has 0 saturated heterocycles. The molecule has 2 rings (SSSR count). The van der Waals surface area contributed by atoms with Gasteiger partial charge >= 0.3 is 0 Å². The van der Waals surface area contributed by atoms with Crippen LogP contribution in [0.25, 0.3) is 0 Å². The number of ether oxygens (including phenoxy) is 2. The molecule has 0 amide bonds. The number of benzene rings is 2. The van der Waals surface area contributed by atoms with Crippen molar-refractivity contribution in [3.8, 4) is 11.5 Å². The molecular formula is C18H23NO4S. The highest BCUT2D eigenvalue weighted by molar-refractivity contribution is 7.89. The van der Waals surface area contributed by atoms with E-state index in [1.165, 1.54) is 0 Å². The number of aryl methyl sites for hydroxylation is 2. The maximum atomic E-state index is 12.3. The summed E-state index contributed by atoms with van der Waals surface area (Å²) in [6.07, 6.45) is 0. The van der Waals surface area contributed by atoms with Gasteiger partial charge in [0.2, 0.25) is 10.0 Å². The second-order valence-electron chi connectivity index (χ2n) is 5.42. The van der Waals surface area contributed by atoms with Crippen molar-refractivity contribution >= 4 is 10.0 Å². The Morgan fingerprint density at radius 2 is 1.58 bits per heavy atom. The van der Waals surface area contributed by atoms with Crippen LogP contribution in [0.4, 0.5) is 0 Å². The first-order chi connectivity index (χ1) is 11.4. The van der Waals surface area contributed by atoms with Crippen LogP contribution in [0.3, 0.4) is 0 Å². The molecule has 0 aromatic heterocycles. The zero-order chi connectivity index (χ0) is 17.6. The van der Waals surface area contributed by atoms with Gasteiger partial charge in [0.1, 0.15) is 18.1 Å². The van der Waals surface area contributed by atoms with Crippen LogP contribution in [-0.2, 0) is 10.0 Å². The molecular weight excluding hydrogens is 326 g/mol. The summed E-state index contributed by atoms with van der Waals surface area (Å²) in [4.78, 5) is 0.309. The Morgan fingerprint density at radius 3 is 2.21 bits per heavy atom. The zero-order valence-corrected chi connectivity index (χ0v) is 15.0. The third-order valence-corrected chi connectivity index (χ3v) is 5.03. The SMILES string of the molecule is CCOc1ccc(OCCNS(=O)(=O)c2cc(C)ccc2C)cc1. The van der Waals surface area contributed by atoms with E-state index in [4.69, 9.17) is 9.47 Å². The van der Waals surface area contributed by atoms with Gasteiger partial charge in [-0.1, -0.05) is 12.1 Å². The lowest BCUT2D eigenvalue weighted by molar-refractivity contribution is 0.319. The Bertz CT molecular complexity index is 770. The van der Waals surface area contributed by atoms with Crippen molar-refractivity contribution in [3.63, 3.8) is 0 Å². The van der Waals surface area contributed by atoms with E-state index < -0.39 is 10.0 Å². The molecule has 0 spiro atoms. The molecule has 0 aliphatic rings. The van der Waals surface area contributed by atoms with Crippen LogP contribution in [-0.4, -0.2) is 28.2 Å². The van der Waals surface area contributed by atoms with Gasteiger partial charge in [-0.15, -0.1) is 0 Å². The van der Waals surface area contributed by atoms with Gasteiger partial charge in [0, 0.05) is 6.54 Å². The van der Waals surface area contributed by atoms with Crippen LogP contribution in [0.5, 0.6) is 11.5 Å². The first kappa shape index (κ1) is 18.3. The minimum atomic E-state index is -3.53. The Morgan fingerprint density at radius 1 is 0.958 bits per heavy atom. The summed E-state index contributed by atoms with van der Waals surface area (Å²) < 4.78 is 38.2. The molecule has 6 heteroatoms. The van der Waals surface area contributed by atoms with Gasteiger partial charge in [-0.25, -0.2) is 13.1 Å². The molecule has 0 aliphatic heterocycles. The second kappa shape index (κ2) is 8.17. The number of nitrogens with one attached hydrogen (secondary N) is 1. The maximum Gasteiger partial charge on any atom is 0.240 e. The van der Waals surface area contributed by atoms with Crippen LogP contribution in [0, 0.1) is 13.8 Å². The Labute approximate surface area is 143 Å². The predicted molar refractivity (Wildman–Crippen MR) is 94.2 cm³/mol. The molecule has 2 aromatic carbocycles. The van der Waals surface area contributed by atoms with Gasteiger partial charge in [0.15, 0.2) is 0 Å². The van der Waals surface area contributed by atoms with Crippen LogP contribution >= 0.6 is 0 Å². The molecule has 24 heavy (non-hydrogen) atoms. The molecule has 130 valence electrons. The van der Waals surface area contributed by atoms with E-state index >= 15 is 0 Å². The molecule has 0 heterocycles.